The molecule has 1 heterocycles. The summed E-state index contributed by atoms with van der Waals surface area (Å²) in [6.07, 6.45) is 1.75. The van der Waals surface area contributed by atoms with E-state index in [0.29, 0.717) is 0 Å². The number of amides is 1. The summed E-state index contributed by atoms with van der Waals surface area (Å²) in [4.78, 5) is 27.2. The number of hydrogen-bond acceptors (Lipinski definition) is 3. The molecule has 1 aromatic carbocycles. The van der Waals surface area contributed by atoms with Crippen LogP contribution in [0, 0.1) is 0 Å². The third kappa shape index (κ3) is 3.56. The van der Waals surface area contributed by atoms with E-state index < -0.39 is 15.7 Å². The van der Waals surface area contributed by atoms with Gasteiger partial charge in [-0.3, -0.25) is 4.79 Å². The Labute approximate surface area is 129 Å². The minimum atomic E-state index is -2.23. The van der Waals surface area contributed by atoms with Crippen molar-refractivity contribution in [1.82, 2.24) is 10.0 Å². The van der Waals surface area contributed by atoms with Crippen molar-refractivity contribution in [3.8, 4) is 0 Å². The van der Waals surface area contributed by atoms with Gasteiger partial charge in [0.1, 0.15) is 6.54 Å². The van der Waals surface area contributed by atoms with E-state index in [4.69, 9.17) is 34.8 Å². The van der Waals surface area contributed by atoms with Gasteiger partial charge in [-0.2, -0.15) is 5.48 Å². The molecule has 0 spiro atoms. The van der Waals surface area contributed by atoms with E-state index in [1.54, 1.807) is 10.8 Å². The molecule has 5 nitrogen and oxygen atoms in total. The lowest BCUT2D eigenvalue weighted by molar-refractivity contribution is -0.157. The summed E-state index contributed by atoms with van der Waals surface area (Å²) in [6.45, 7) is -0.0271. The van der Waals surface area contributed by atoms with Gasteiger partial charge in [0.05, 0.1) is 0 Å². The molecular formula is C12H9Cl3N2O3. The molecule has 8 heteroatoms. The SMILES string of the molecule is O=C(Cn1ccc2ccccc21)NOC(=O)C(Cl)(Cl)Cl. The Hall–Kier alpha value is -1.43. The predicted molar refractivity (Wildman–Crippen MR) is 76.5 cm³/mol. The van der Waals surface area contributed by atoms with Gasteiger partial charge in [0.2, 0.25) is 0 Å². The van der Waals surface area contributed by atoms with E-state index in [0.717, 1.165) is 10.9 Å². The Morgan fingerprint density at radius 3 is 2.60 bits per heavy atom. The van der Waals surface area contributed by atoms with E-state index in [9.17, 15) is 9.59 Å². The third-order valence-corrected chi connectivity index (χ3v) is 2.95. The quantitative estimate of drug-likeness (QED) is 0.678. The number of nitrogens with one attached hydrogen (secondary N) is 1. The van der Waals surface area contributed by atoms with Crippen molar-refractivity contribution in [2.75, 3.05) is 0 Å². The number of fused-ring (bicyclic) bond motifs is 1. The number of aromatic nitrogens is 1. The molecular weight excluding hydrogens is 327 g/mol. The van der Waals surface area contributed by atoms with Crippen LogP contribution in [0.25, 0.3) is 10.9 Å². The van der Waals surface area contributed by atoms with Crippen molar-refractivity contribution < 1.29 is 14.4 Å². The average Bonchev–Trinajstić information content (AvgIpc) is 2.78. The van der Waals surface area contributed by atoms with Crippen LogP contribution in [0.5, 0.6) is 0 Å². The van der Waals surface area contributed by atoms with Crippen LogP contribution in [0.4, 0.5) is 0 Å². The molecule has 0 aliphatic rings. The van der Waals surface area contributed by atoms with Crippen LogP contribution in [0.3, 0.4) is 0 Å². The van der Waals surface area contributed by atoms with E-state index in [1.807, 2.05) is 35.8 Å². The number of nitrogens with zero attached hydrogens (tertiary/aromatic N) is 1. The topological polar surface area (TPSA) is 60.3 Å². The third-order valence-electron chi connectivity index (χ3n) is 2.48. The Morgan fingerprint density at radius 2 is 1.90 bits per heavy atom. The summed E-state index contributed by atoms with van der Waals surface area (Å²) in [5, 5.41) is 0.999. The smallest absolute Gasteiger partial charge is 0.338 e. The monoisotopic (exact) mass is 334 g/mol. The fourth-order valence-electron chi connectivity index (χ4n) is 1.63. The van der Waals surface area contributed by atoms with Crippen LogP contribution in [0.15, 0.2) is 36.5 Å². The van der Waals surface area contributed by atoms with Crippen molar-refractivity contribution in [2.24, 2.45) is 0 Å². The number of benzene rings is 1. The number of carbonyl (C=O) groups is 2. The summed E-state index contributed by atoms with van der Waals surface area (Å²) >= 11 is 15.9. The first-order chi connectivity index (χ1) is 9.38. The molecule has 0 saturated carbocycles. The van der Waals surface area contributed by atoms with Crippen molar-refractivity contribution >= 4 is 57.6 Å². The van der Waals surface area contributed by atoms with Gasteiger partial charge in [0.25, 0.3) is 9.70 Å². The maximum Gasteiger partial charge on any atom is 0.383 e. The molecule has 0 unspecified atom stereocenters. The summed E-state index contributed by atoms with van der Waals surface area (Å²) < 4.78 is -0.527. The second-order valence-electron chi connectivity index (χ2n) is 3.91. The molecule has 0 aliphatic carbocycles. The number of alkyl halides is 3. The highest BCUT2D eigenvalue weighted by atomic mass is 35.6. The standard InChI is InChI=1S/C12H9Cl3N2O3/c13-12(14,15)11(19)20-16-10(18)7-17-6-5-8-3-1-2-4-9(8)17/h1-6H,7H2,(H,16,18). The van der Waals surface area contributed by atoms with E-state index in [1.165, 1.54) is 0 Å². The number of carbonyl (C=O) groups excluding carboxylic acids is 2. The zero-order valence-electron chi connectivity index (χ0n) is 9.98. The van der Waals surface area contributed by atoms with Crippen LogP contribution >= 0.6 is 34.8 Å². The van der Waals surface area contributed by atoms with Crippen molar-refractivity contribution in [1.29, 1.82) is 0 Å². The number of hydroxylamine groups is 1. The van der Waals surface area contributed by atoms with Gasteiger partial charge in [0, 0.05) is 11.7 Å². The van der Waals surface area contributed by atoms with Crippen LogP contribution in [0.1, 0.15) is 0 Å². The first kappa shape index (κ1) is 15.0. The molecule has 1 amide bonds. The highest BCUT2D eigenvalue weighted by molar-refractivity contribution is 6.75. The molecule has 20 heavy (non-hydrogen) atoms. The lowest BCUT2D eigenvalue weighted by Gasteiger charge is -2.11. The molecule has 1 N–H and O–H groups in total. The molecule has 0 aliphatic heterocycles. The van der Waals surface area contributed by atoms with Crippen LogP contribution in [-0.2, 0) is 21.0 Å². The maximum atomic E-state index is 11.6. The normalized spacial score (nSPS) is 11.3. The number of hydrogen-bond donors (Lipinski definition) is 1. The molecule has 1 aromatic heterocycles. The van der Waals surface area contributed by atoms with Gasteiger partial charge in [0.15, 0.2) is 0 Å². The molecule has 0 saturated heterocycles. The number of rotatable bonds is 2. The number of halogens is 3. The second-order valence-corrected chi connectivity index (χ2v) is 6.20. The van der Waals surface area contributed by atoms with Crippen LogP contribution < -0.4 is 5.48 Å². The van der Waals surface area contributed by atoms with Crippen LogP contribution in [0.2, 0.25) is 0 Å². The van der Waals surface area contributed by atoms with Gasteiger partial charge < -0.3 is 9.40 Å². The van der Waals surface area contributed by atoms with E-state index >= 15 is 0 Å². The molecule has 0 fully saturated rings. The molecule has 106 valence electrons. The van der Waals surface area contributed by atoms with Gasteiger partial charge in [-0.15, -0.1) is 0 Å². The maximum absolute atomic E-state index is 11.6. The van der Waals surface area contributed by atoms with Gasteiger partial charge >= 0.3 is 5.97 Å². The first-order valence-electron chi connectivity index (χ1n) is 5.48. The Morgan fingerprint density at radius 1 is 1.20 bits per heavy atom. The zero-order chi connectivity index (χ0) is 14.8. The minimum absolute atomic E-state index is 0.0271. The molecule has 0 atom stereocenters. The predicted octanol–water partition coefficient (Wildman–Crippen LogP) is 2.59. The highest BCUT2D eigenvalue weighted by Gasteiger charge is 2.33. The zero-order valence-corrected chi connectivity index (χ0v) is 12.2. The first-order valence-corrected chi connectivity index (χ1v) is 6.62. The van der Waals surface area contributed by atoms with Crippen molar-refractivity contribution in [3.63, 3.8) is 0 Å². The molecule has 0 bridgehead atoms. The van der Waals surface area contributed by atoms with Crippen molar-refractivity contribution in [2.45, 2.75) is 10.3 Å². The van der Waals surface area contributed by atoms with Crippen LogP contribution in [-0.4, -0.2) is 20.2 Å². The largest absolute Gasteiger partial charge is 0.383 e. The fraction of sp³-hybridized carbons (Fsp3) is 0.167. The Balaban J connectivity index is 1.97. The molecule has 2 rings (SSSR count). The Kier molecular flexibility index (Phi) is 4.42. The van der Waals surface area contributed by atoms with Gasteiger partial charge in [-0.1, -0.05) is 53.0 Å². The summed E-state index contributed by atoms with van der Waals surface area (Å²) in [7, 11) is 0. The number of para-hydroxylation sites is 1. The lowest BCUT2D eigenvalue weighted by atomic mass is 10.2. The summed E-state index contributed by atoms with van der Waals surface area (Å²) in [5.74, 6) is -1.72. The summed E-state index contributed by atoms with van der Waals surface area (Å²) in [6, 6.07) is 9.42. The van der Waals surface area contributed by atoms with E-state index in [2.05, 4.69) is 4.84 Å². The van der Waals surface area contributed by atoms with Crippen molar-refractivity contribution in [3.05, 3.63) is 36.5 Å². The fourth-order valence-corrected chi connectivity index (χ4v) is 1.74. The Bertz CT molecular complexity index is 649. The molecule has 0 radical (unpaired) electrons. The second kappa shape index (κ2) is 5.91. The molecule has 2 aromatic rings. The highest BCUT2D eigenvalue weighted by Crippen LogP contribution is 2.26. The van der Waals surface area contributed by atoms with Gasteiger partial charge in [-0.05, 0) is 17.5 Å². The minimum Gasteiger partial charge on any atom is -0.338 e. The average molecular weight is 336 g/mol. The van der Waals surface area contributed by atoms with E-state index in [-0.39, 0.29) is 6.54 Å². The van der Waals surface area contributed by atoms with Gasteiger partial charge in [-0.25, -0.2) is 4.79 Å². The lowest BCUT2D eigenvalue weighted by Crippen LogP contribution is -2.34. The summed E-state index contributed by atoms with van der Waals surface area (Å²) in [5.41, 5.74) is 2.81.